The van der Waals surface area contributed by atoms with Gasteiger partial charge in [-0.1, -0.05) is 6.07 Å². The molecule has 3 amide bonds. The van der Waals surface area contributed by atoms with Crippen LogP contribution in [0.4, 0.5) is 4.79 Å². The molecule has 0 spiro atoms. The molecule has 0 aliphatic carbocycles. The second-order valence-corrected chi connectivity index (χ2v) is 5.99. The first kappa shape index (κ1) is 17.8. The Morgan fingerprint density at radius 1 is 1.23 bits per heavy atom. The van der Waals surface area contributed by atoms with Gasteiger partial charge in [0.25, 0.3) is 5.91 Å². The van der Waals surface area contributed by atoms with Crippen molar-refractivity contribution in [1.82, 2.24) is 9.80 Å². The van der Waals surface area contributed by atoms with E-state index in [9.17, 15) is 14.4 Å². The number of hydrogen-bond acceptors (Lipinski definition) is 6. The summed E-state index contributed by atoms with van der Waals surface area (Å²) in [5.74, 6) is 0.660. The van der Waals surface area contributed by atoms with E-state index in [1.807, 2.05) is 6.07 Å². The summed E-state index contributed by atoms with van der Waals surface area (Å²) < 4.78 is 15.2. The number of methoxy groups -OCH3 is 2. The Bertz CT molecular complexity index is 744. The topological polar surface area (TPSA) is 85.4 Å². The van der Waals surface area contributed by atoms with E-state index in [0.717, 1.165) is 10.5 Å². The fourth-order valence-corrected chi connectivity index (χ4v) is 3.10. The van der Waals surface area contributed by atoms with E-state index in [-0.39, 0.29) is 24.5 Å². The minimum atomic E-state index is -0.629. The highest BCUT2D eigenvalue weighted by Gasteiger charge is 2.40. The standard InChI is InChI=1S/C18H20N2O6/c1-24-14-5-3-12(9-15(14)25-2)4-6-16(21)19-8-7-13(10-19)20-17(22)11-26-18(20)23/h3-6,9,13H,7-8,10-11H2,1-2H3/b6-4+. The van der Waals surface area contributed by atoms with Crippen molar-refractivity contribution >= 4 is 24.0 Å². The Morgan fingerprint density at radius 2 is 2.00 bits per heavy atom. The van der Waals surface area contributed by atoms with Gasteiger partial charge in [0.1, 0.15) is 0 Å². The van der Waals surface area contributed by atoms with E-state index >= 15 is 0 Å². The Morgan fingerprint density at radius 3 is 2.65 bits per heavy atom. The molecule has 2 aliphatic rings. The maximum absolute atomic E-state index is 12.4. The van der Waals surface area contributed by atoms with E-state index in [1.165, 1.54) is 6.08 Å². The van der Waals surface area contributed by atoms with Gasteiger partial charge in [-0.25, -0.2) is 9.69 Å². The molecule has 3 rings (SSSR count). The zero-order chi connectivity index (χ0) is 18.7. The third kappa shape index (κ3) is 3.49. The van der Waals surface area contributed by atoms with Crippen LogP contribution in [0, 0.1) is 0 Å². The monoisotopic (exact) mass is 360 g/mol. The van der Waals surface area contributed by atoms with Crippen molar-refractivity contribution < 1.29 is 28.6 Å². The predicted octanol–water partition coefficient (Wildman–Crippen LogP) is 1.30. The van der Waals surface area contributed by atoms with Crippen molar-refractivity contribution in [1.29, 1.82) is 0 Å². The number of carbonyl (C=O) groups is 3. The van der Waals surface area contributed by atoms with Crippen LogP contribution < -0.4 is 9.47 Å². The molecule has 8 nitrogen and oxygen atoms in total. The van der Waals surface area contributed by atoms with Crippen LogP contribution in [0.3, 0.4) is 0 Å². The molecule has 26 heavy (non-hydrogen) atoms. The number of imide groups is 1. The number of hydrogen-bond donors (Lipinski definition) is 0. The molecule has 1 atom stereocenters. The zero-order valence-electron chi connectivity index (χ0n) is 14.6. The Hall–Kier alpha value is -3.03. The molecule has 138 valence electrons. The van der Waals surface area contributed by atoms with Gasteiger partial charge in [0.05, 0.1) is 20.3 Å². The number of likely N-dealkylation sites (tertiary alicyclic amines) is 1. The van der Waals surface area contributed by atoms with Crippen LogP contribution in [0.15, 0.2) is 24.3 Å². The van der Waals surface area contributed by atoms with Crippen molar-refractivity contribution in [3.8, 4) is 11.5 Å². The molecule has 1 aromatic rings. The van der Waals surface area contributed by atoms with E-state index in [4.69, 9.17) is 14.2 Å². The fraction of sp³-hybridized carbons (Fsp3) is 0.389. The van der Waals surface area contributed by atoms with Crippen molar-refractivity contribution in [2.24, 2.45) is 0 Å². The Labute approximate surface area is 150 Å². The molecule has 2 saturated heterocycles. The minimum Gasteiger partial charge on any atom is -0.493 e. The summed E-state index contributed by atoms with van der Waals surface area (Å²) in [6.07, 6.45) is 3.08. The third-order valence-electron chi connectivity index (χ3n) is 4.45. The second-order valence-electron chi connectivity index (χ2n) is 5.99. The molecule has 0 aromatic heterocycles. The first-order valence-corrected chi connectivity index (χ1v) is 8.21. The molecule has 2 heterocycles. The van der Waals surface area contributed by atoms with Crippen molar-refractivity contribution in [2.75, 3.05) is 33.9 Å². The Balaban J connectivity index is 1.63. The smallest absolute Gasteiger partial charge is 0.417 e. The van der Waals surface area contributed by atoms with Crippen molar-refractivity contribution in [3.63, 3.8) is 0 Å². The van der Waals surface area contributed by atoms with Crippen molar-refractivity contribution in [2.45, 2.75) is 12.5 Å². The first-order valence-electron chi connectivity index (χ1n) is 8.21. The predicted molar refractivity (Wildman–Crippen MR) is 91.8 cm³/mol. The highest BCUT2D eigenvalue weighted by molar-refractivity contribution is 5.98. The summed E-state index contributed by atoms with van der Waals surface area (Å²) >= 11 is 0. The van der Waals surface area contributed by atoms with E-state index in [1.54, 1.807) is 37.3 Å². The zero-order valence-corrected chi connectivity index (χ0v) is 14.6. The quantitative estimate of drug-likeness (QED) is 0.736. The molecular formula is C18H20N2O6. The number of carbonyl (C=O) groups excluding carboxylic acids is 3. The van der Waals surface area contributed by atoms with Gasteiger partial charge in [-0.2, -0.15) is 0 Å². The molecular weight excluding hydrogens is 340 g/mol. The van der Waals surface area contributed by atoms with Crippen LogP contribution in [-0.4, -0.2) is 67.7 Å². The highest BCUT2D eigenvalue weighted by atomic mass is 16.6. The van der Waals surface area contributed by atoms with Crippen molar-refractivity contribution in [3.05, 3.63) is 29.8 Å². The minimum absolute atomic E-state index is 0.178. The molecule has 1 aromatic carbocycles. The maximum atomic E-state index is 12.4. The molecule has 0 bridgehead atoms. The lowest BCUT2D eigenvalue weighted by molar-refractivity contribution is -0.128. The lowest BCUT2D eigenvalue weighted by Gasteiger charge is -2.19. The van der Waals surface area contributed by atoms with Gasteiger partial charge < -0.3 is 19.1 Å². The summed E-state index contributed by atoms with van der Waals surface area (Å²) in [4.78, 5) is 38.4. The van der Waals surface area contributed by atoms with Gasteiger partial charge in [0, 0.05) is 19.2 Å². The number of cyclic esters (lactones) is 1. The van der Waals surface area contributed by atoms with E-state index in [2.05, 4.69) is 0 Å². The maximum Gasteiger partial charge on any atom is 0.417 e. The SMILES string of the molecule is COc1ccc(/C=C/C(=O)N2CCC(N3C(=O)COC3=O)C2)cc1OC. The first-order chi connectivity index (χ1) is 12.5. The normalized spacial score (nSPS) is 20.0. The van der Waals surface area contributed by atoms with Crippen LogP contribution in [0.1, 0.15) is 12.0 Å². The van der Waals surface area contributed by atoms with Gasteiger partial charge in [-0.15, -0.1) is 0 Å². The molecule has 0 N–H and O–H groups in total. The molecule has 2 fully saturated rings. The third-order valence-corrected chi connectivity index (χ3v) is 4.45. The van der Waals surface area contributed by atoms with Crippen LogP contribution in [0.2, 0.25) is 0 Å². The van der Waals surface area contributed by atoms with Crippen LogP contribution in [-0.2, 0) is 14.3 Å². The average molecular weight is 360 g/mol. The fourth-order valence-electron chi connectivity index (χ4n) is 3.10. The largest absolute Gasteiger partial charge is 0.493 e. The van der Waals surface area contributed by atoms with Crippen LogP contribution >= 0.6 is 0 Å². The molecule has 0 radical (unpaired) electrons. The lowest BCUT2D eigenvalue weighted by Crippen LogP contribution is -2.41. The summed E-state index contributed by atoms with van der Waals surface area (Å²) in [5.41, 5.74) is 0.796. The Kier molecular flexibility index (Phi) is 5.11. The molecule has 8 heteroatoms. The summed E-state index contributed by atoms with van der Waals surface area (Å²) in [7, 11) is 3.10. The lowest BCUT2D eigenvalue weighted by atomic mass is 10.2. The second kappa shape index (κ2) is 7.47. The number of nitrogens with zero attached hydrogens (tertiary/aromatic N) is 2. The van der Waals surface area contributed by atoms with Gasteiger partial charge >= 0.3 is 6.09 Å². The highest BCUT2D eigenvalue weighted by Crippen LogP contribution is 2.28. The number of rotatable bonds is 5. The number of benzene rings is 1. The summed E-state index contributed by atoms with van der Waals surface area (Å²) in [6.45, 7) is 0.579. The summed E-state index contributed by atoms with van der Waals surface area (Å²) in [5, 5.41) is 0. The van der Waals surface area contributed by atoms with E-state index < -0.39 is 6.09 Å². The number of ether oxygens (including phenoxy) is 3. The van der Waals surface area contributed by atoms with Crippen LogP contribution in [0.5, 0.6) is 11.5 Å². The van der Waals surface area contributed by atoms with Gasteiger partial charge in [0.2, 0.25) is 5.91 Å². The van der Waals surface area contributed by atoms with Gasteiger partial charge in [-0.05, 0) is 30.2 Å². The molecule has 0 saturated carbocycles. The van der Waals surface area contributed by atoms with Crippen LogP contribution in [0.25, 0.3) is 6.08 Å². The molecule has 1 unspecified atom stereocenters. The number of amides is 3. The van der Waals surface area contributed by atoms with Gasteiger partial charge in [-0.3, -0.25) is 9.59 Å². The average Bonchev–Trinajstić information content (AvgIpc) is 3.25. The van der Waals surface area contributed by atoms with Gasteiger partial charge in [0.15, 0.2) is 18.1 Å². The summed E-state index contributed by atoms with van der Waals surface area (Å²) in [6, 6.07) is 5.03. The van der Waals surface area contributed by atoms with E-state index in [0.29, 0.717) is 31.0 Å². The molecule has 2 aliphatic heterocycles.